The summed E-state index contributed by atoms with van der Waals surface area (Å²) >= 11 is 0. The number of aliphatic hydroxyl groups excluding tert-OH is 1. The van der Waals surface area contributed by atoms with E-state index in [1.165, 1.54) is 70.6 Å². The summed E-state index contributed by atoms with van der Waals surface area (Å²) in [5, 5.41) is 9.28. The van der Waals surface area contributed by atoms with Crippen LogP contribution < -0.4 is 0 Å². The van der Waals surface area contributed by atoms with Gasteiger partial charge in [0.1, 0.15) is 6.10 Å². The number of unbranched alkanes of at least 4 members (excludes halogenated alkanes) is 12. The van der Waals surface area contributed by atoms with E-state index in [4.69, 9.17) is 4.74 Å². The molecule has 0 radical (unpaired) electrons. The van der Waals surface area contributed by atoms with E-state index in [1.54, 1.807) is 13.8 Å². The zero-order valence-electron chi connectivity index (χ0n) is 15.8. The van der Waals surface area contributed by atoms with E-state index < -0.39 is 12.2 Å². The Hall–Kier alpha value is -0.570. The fourth-order valence-corrected chi connectivity index (χ4v) is 2.65. The second kappa shape index (κ2) is 16.3. The lowest BCUT2D eigenvalue weighted by Crippen LogP contribution is -2.25. The summed E-state index contributed by atoms with van der Waals surface area (Å²) < 4.78 is 5.13. The first kappa shape index (κ1) is 22.4. The summed E-state index contributed by atoms with van der Waals surface area (Å²) in [6.45, 7) is 5.63. The van der Waals surface area contributed by atoms with Gasteiger partial charge in [-0.25, -0.2) is 0 Å². The van der Waals surface area contributed by atoms with Gasteiger partial charge in [-0.1, -0.05) is 84.0 Å². The average Bonchev–Trinajstić information content (AvgIpc) is 2.51. The molecule has 1 N–H and O–H groups in total. The largest absolute Gasteiger partial charge is 0.460 e. The van der Waals surface area contributed by atoms with Crippen LogP contribution in [0.2, 0.25) is 0 Å². The van der Waals surface area contributed by atoms with Gasteiger partial charge in [-0.2, -0.15) is 0 Å². The summed E-state index contributed by atoms with van der Waals surface area (Å²) in [7, 11) is 0. The van der Waals surface area contributed by atoms with Gasteiger partial charge in [-0.05, 0) is 20.3 Å². The summed E-state index contributed by atoms with van der Waals surface area (Å²) in [6.07, 6.45) is 16.4. The minimum absolute atomic E-state index is 0.179. The molecule has 0 bridgehead atoms. The van der Waals surface area contributed by atoms with Gasteiger partial charge < -0.3 is 9.84 Å². The molecule has 0 aromatic heterocycles. The molecule has 0 heterocycles. The Balaban J connectivity index is 3.20. The van der Waals surface area contributed by atoms with Crippen molar-refractivity contribution in [2.75, 3.05) is 0 Å². The van der Waals surface area contributed by atoms with Crippen molar-refractivity contribution in [3.8, 4) is 0 Å². The molecule has 0 saturated carbocycles. The SMILES string of the molecule is CCCCCCCCCCCCCCCC(=O)OC(C)C(C)O. The minimum atomic E-state index is -0.592. The second-order valence-corrected chi connectivity index (χ2v) is 6.93. The number of carbonyl (C=O) groups is 1. The van der Waals surface area contributed by atoms with Gasteiger partial charge in [-0.3, -0.25) is 4.79 Å². The van der Waals surface area contributed by atoms with Crippen LogP contribution in [0.15, 0.2) is 0 Å². The maximum atomic E-state index is 11.5. The van der Waals surface area contributed by atoms with E-state index in [2.05, 4.69) is 6.92 Å². The van der Waals surface area contributed by atoms with Crippen molar-refractivity contribution in [2.45, 2.75) is 123 Å². The lowest BCUT2D eigenvalue weighted by Gasteiger charge is -2.15. The van der Waals surface area contributed by atoms with E-state index in [0.29, 0.717) is 6.42 Å². The summed E-state index contributed by atoms with van der Waals surface area (Å²) in [5.41, 5.74) is 0. The Morgan fingerprint density at radius 2 is 1.17 bits per heavy atom. The molecule has 0 amide bonds. The monoisotopic (exact) mass is 328 g/mol. The molecule has 3 heteroatoms. The molecule has 0 aromatic carbocycles. The first-order valence-corrected chi connectivity index (χ1v) is 9.95. The van der Waals surface area contributed by atoms with Gasteiger partial charge in [-0.15, -0.1) is 0 Å². The Bertz CT molecular complexity index is 264. The molecule has 0 aliphatic heterocycles. The summed E-state index contributed by atoms with van der Waals surface area (Å²) in [6, 6.07) is 0. The number of rotatable bonds is 16. The number of aliphatic hydroxyl groups is 1. The van der Waals surface area contributed by atoms with E-state index in [-0.39, 0.29) is 5.97 Å². The lowest BCUT2D eigenvalue weighted by atomic mass is 10.0. The number of hydrogen-bond acceptors (Lipinski definition) is 3. The van der Waals surface area contributed by atoms with Gasteiger partial charge in [0, 0.05) is 6.42 Å². The highest BCUT2D eigenvalue weighted by Gasteiger charge is 2.13. The number of esters is 1. The van der Waals surface area contributed by atoms with E-state index in [9.17, 15) is 9.90 Å². The number of hydrogen-bond donors (Lipinski definition) is 1. The van der Waals surface area contributed by atoms with Gasteiger partial charge in [0.25, 0.3) is 0 Å². The molecular formula is C20H40O3. The van der Waals surface area contributed by atoms with Gasteiger partial charge in [0.05, 0.1) is 6.10 Å². The molecule has 138 valence electrons. The molecule has 23 heavy (non-hydrogen) atoms. The predicted octanol–water partition coefficient (Wildman–Crippen LogP) is 5.78. The normalized spacial score (nSPS) is 13.7. The number of carbonyl (C=O) groups excluding carboxylic acids is 1. The highest BCUT2D eigenvalue weighted by molar-refractivity contribution is 5.69. The second-order valence-electron chi connectivity index (χ2n) is 6.93. The van der Waals surface area contributed by atoms with Crippen LogP contribution in [0.25, 0.3) is 0 Å². The summed E-state index contributed by atoms with van der Waals surface area (Å²) in [4.78, 5) is 11.5. The van der Waals surface area contributed by atoms with Crippen LogP contribution in [0.5, 0.6) is 0 Å². The van der Waals surface area contributed by atoms with Crippen LogP contribution in [0.1, 0.15) is 111 Å². The Labute approximate surface area is 144 Å². The molecule has 3 nitrogen and oxygen atoms in total. The average molecular weight is 329 g/mol. The molecule has 2 atom stereocenters. The third kappa shape index (κ3) is 16.1. The maximum absolute atomic E-state index is 11.5. The van der Waals surface area contributed by atoms with Crippen molar-refractivity contribution in [3.63, 3.8) is 0 Å². The highest BCUT2D eigenvalue weighted by atomic mass is 16.6. The van der Waals surface area contributed by atoms with Crippen molar-refractivity contribution in [1.29, 1.82) is 0 Å². The third-order valence-electron chi connectivity index (χ3n) is 4.48. The molecule has 0 saturated heterocycles. The van der Waals surface area contributed by atoms with Crippen LogP contribution in [0.3, 0.4) is 0 Å². The first-order chi connectivity index (χ1) is 11.1. The lowest BCUT2D eigenvalue weighted by molar-refractivity contribution is -0.153. The first-order valence-electron chi connectivity index (χ1n) is 9.95. The topological polar surface area (TPSA) is 46.5 Å². The maximum Gasteiger partial charge on any atom is 0.306 e. The molecule has 0 aromatic rings. The summed E-state index contributed by atoms with van der Waals surface area (Å²) in [5.74, 6) is -0.179. The predicted molar refractivity (Wildman–Crippen MR) is 97.5 cm³/mol. The van der Waals surface area contributed by atoms with Crippen LogP contribution in [0.4, 0.5) is 0 Å². The van der Waals surface area contributed by atoms with Crippen molar-refractivity contribution in [1.82, 2.24) is 0 Å². The number of ether oxygens (including phenoxy) is 1. The van der Waals surface area contributed by atoms with Crippen molar-refractivity contribution in [2.24, 2.45) is 0 Å². The molecule has 0 aliphatic rings. The highest BCUT2D eigenvalue weighted by Crippen LogP contribution is 2.13. The Morgan fingerprint density at radius 1 is 0.783 bits per heavy atom. The van der Waals surface area contributed by atoms with Crippen molar-refractivity contribution >= 4 is 5.97 Å². The molecule has 0 rings (SSSR count). The zero-order valence-corrected chi connectivity index (χ0v) is 15.8. The smallest absolute Gasteiger partial charge is 0.306 e. The van der Waals surface area contributed by atoms with Gasteiger partial charge >= 0.3 is 5.97 Å². The van der Waals surface area contributed by atoms with Crippen LogP contribution in [-0.4, -0.2) is 23.3 Å². The van der Waals surface area contributed by atoms with Gasteiger partial charge in [0.15, 0.2) is 0 Å². The zero-order chi connectivity index (χ0) is 17.3. The van der Waals surface area contributed by atoms with Crippen LogP contribution in [-0.2, 0) is 9.53 Å². The third-order valence-corrected chi connectivity index (χ3v) is 4.48. The van der Waals surface area contributed by atoms with Crippen molar-refractivity contribution < 1.29 is 14.6 Å². The molecule has 0 spiro atoms. The Kier molecular flexibility index (Phi) is 15.9. The Morgan fingerprint density at radius 3 is 1.57 bits per heavy atom. The fraction of sp³-hybridized carbons (Fsp3) is 0.950. The van der Waals surface area contributed by atoms with E-state index in [1.807, 2.05) is 0 Å². The molecular weight excluding hydrogens is 288 g/mol. The van der Waals surface area contributed by atoms with Crippen LogP contribution in [0, 0.1) is 0 Å². The molecule has 0 aliphatic carbocycles. The quantitative estimate of drug-likeness (QED) is 0.288. The van der Waals surface area contributed by atoms with E-state index >= 15 is 0 Å². The minimum Gasteiger partial charge on any atom is -0.460 e. The molecule has 0 fully saturated rings. The van der Waals surface area contributed by atoms with Gasteiger partial charge in [0.2, 0.25) is 0 Å². The van der Waals surface area contributed by atoms with Crippen molar-refractivity contribution in [3.05, 3.63) is 0 Å². The van der Waals surface area contributed by atoms with E-state index in [0.717, 1.165) is 12.8 Å². The fourth-order valence-electron chi connectivity index (χ4n) is 2.65. The standard InChI is InChI=1S/C20H40O3/c1-4-5-6-7-8-9-10-11-12-13-14-15-16-17-20(22)23-19(3)18(2)21/h18-19,21H,4-17H2,1-3H3. The molecule has 2 unspecified atom stereocenters. The van der Waals surface area contributed by atoms with Crippen LogP contribution >= 0.6 is 0 Å².